The lowest BCUT2D eigenvalue weighted by Gasteiger charge is -2.34. The summed E-state index contributed by atoms with van der Waals surface area (Å²) in [5, 5.41) is 2.75. The fraction of sp³-hybridized carbons (Fsp3) is 0.333. The molecule has 0 unspecified atom stereocenters. The number of rotatable bonds is 5. The van der Waals surface area contributed by atoms with Crippen molar-refractivity contribution in [3.63, 3.8) is 0 Å². The SMILES string of the molecule is CCN1CCN(C(=O)c2cncc(C(=O)Nc3cccc(C(C)=O)c3)c2)CC1. The highest BCUT2D eigenvalue weighted by Crippen LogP contribution is 2.14. The van der Waals surface area contributed by atoms with Crippen LogP contribution < -0.4 is 5.32 Å². The molecule has 1 aromatic heterocycles. The van der Waals surface area contributed by atoms with E-state index in [0.29, 0.717) is 35.5 Å². The summed E-state index contributed by atoms with van der Waals surface area (Å²) in [5.74, 6) is -0.566. The summed E-state index contributed by atoms with van der Waals surface area (Å²) in [6, 6.07) is 8.29. The second-order valence-corrected chi connectivity index (χ2v) is 6.78. The summed E-state index contributed by atoms with van der Waals surface area (Å²) in [6.07, 6.45) is 2.91. The summed E-state index contributed by atoms with van der Waals surface area (Å²) in [5.41, 5.74) is 1.73. The van der Waals surface area contributed by atoms with Crippen molar-refractivity contribution in [3.05, 3.63) is 59.4 Å². The molecule has 1 aliphatic heterocycles. The molecule has 3 rings (SSSR count). The molecule has 1 N–H and O–H groups in total. The van der Waals surface area contributed by atoms with Crippen LogP contribution in [0.25, 0.3) is 0 Å². The minimum atomic E-state index is -0.376. The first-order valence-electron chi connectivity index (χ1n) is 9.37. The van der Waals surface area contributed by atoms with Gasteiger partial charge in [0.15, 0.2) is 5.78 Å². The number of pyridine rings is 1. The summed E-state index contributed by atoms with van der Waals surface area (Å²) >= 11 is 0. The van der Waals surface area contributed by atoms with Crippen molar-refractivity contribution in [2.75, 3.05) is 38.0 Å². The highest BCUT2D eigenvalue weighted by atomic mass is 16.2. The van der Waals surface area contributed by atoms with Crippen molar-refractivity contribution >= 4 is 23.3 Å². The van der Waals surface area contributed by atoms with E-state index in [0.717, 1.165) is 19.6 Å². The van der Waals surface area contributed by atoms with Crippen molar-refractivity contribution in [2.24, 2.45) is 0 Å². The van der Waals surface area contributed by atoms with Gasteiger partial charge in [-0.2, -0.15) is 0 Å². The zero-order chi connectivity index (χ0) is 20.1. The second kappa shape index (κ2) is 8.75. The molecule has 7 heteroatoms. The topological polar surface area (TPSA) is 82.6 Å². The van der Waals surface area contributed by atoms with Gasteiger partial charge in [-0.3, -0.25) is 19.4 Å². The van der Waals surface area contributed by atoms with Gasteiger partial charge in [-0.1, -0.05) is 19.1 Å². The molecule has 2 aromatic rings. The molecule has 1 fully saturated rings. The second-order valence-electron chi connectivity index (χ2n) is 6.78. The van der Waals surface area contributed by atoms with Crippen LogP contribution in [0.4, 0.5) is 5.69 Å². The number of nitrogens with zero attached hydrogens (tertiary/aromatic N) is 3. The molecule has 28 heavy (non-hydrogen) atoms. The number of carbonyl (C=O) groups is 3. The van der Waals surface area contributed by atoms with Crippen molar-refractivity contribution in [1.82, 2.24) is 14.8 Å². The third kappa shape index (κ3) is 4.61. The molecule has 0 radical (unpaired) electrons. The molecule has 1 aromatic carbocycles. The summed E-state index contributed by atoms with van der Waals surface area (Å²) < 4.78 is 0. The van der Waals surface area contributed by atoms with Gasteiger partial charge in [0, 0.05) is 49.8 Å². The van der Waals surface area contributed by atoms with Crippen LogP contribution in [0.15, 0.2) is 42.7 Å². The molecular formula is C21H24N4O3. The summed E-state index contributed by atoms with van der Waals surface area (Å²) in [7, 11) is 0. The zero-order valence-corrected chi connectivity index (χ0v) is 16.1. The van der Waals surface area contributed by atoms with Gasteiger partial charge in [0.05, 0.1) is 11.1 Å². The maximum absolute atomic E-state index is 12.7. The van der Waals surface area contributed by atoms with Gasteiger partial charge in [0.25, 0.3) is 11.8 Å². The average molecular weight is 380 g/mol. The van der Waals surface area contributed by atoms with E-state index in [1.54, 1.807) is 35.2 Å². The van der Waals surface area contributed by atoms with Crippen molar-refractivity contribution in [2.45, 2.75) is 13.8 Å². The number of Topliss-reactive ketones (excluding diaryl/α,β-unsaturated/α-hetero) is 1. The van der Waals surface area contributed by atoms with Crippen LogP contribution in [-0.2, 0) is 0 Å². The predicted molar refractivity (Wildman–Crippen MR) is 107 cm³/mol. The number of hydrogen-bond acceptors (Lipinski definition) is 5. The normalized spacial score (nSPS) is 14.6. The van der Waals surface area contributed by atoms with E-state index >= 15 is 0 Å². The predicted octanol–water partition coefficient (Wildman–Crippen LogP) is 2.31. The van der Waals surface area contributed by atoms with E-state index in [4.69, 9.17) is 0 Å². The zero-order valence-electron chi connectivity index (χ0n) is 16.1. The molecule has 0 aliphatic carbocycles. The maximum Gasteiger partial charge on any atom is 0.257 e. The fourth-order valence-electron chi connectivity index (χ4n) is 3.15. The Kier molecular flexibility index (Phi) is 6.16. The highest BCUT2D eigenvalue weighted by Gasteiger charge is 2.22. The molecule has 1 aliphatic rings. The number of likely N-dealkylation sites (N-methyl/N-ethyl adjacent to an activating group) is 1. The van der Waals surface area contributed by atoms with Gasteiger partial charge in [-0.25, -0.2) is 0 Å². The fourth-order valence-corrected chi connectivity index (χ4v) is 3.15. The van der Waals surface area contributed by atoms with E-state index in [2.05, 4.69) is 22.1 Å². The van der Waals surface area contributed by atoms with E-state index in [-0.39, 0.29) is 17.6 Å². The van der Waals surface area contributed by atoms with Crippen LogP contribution in [0.5, 0.6) is 0 Å². The van der Waals surface area contributed by atoms with Crippen LogP contribution in [0.3, 0.4) is 0 Å². The third-order valence-corrected chi connectivity index (χ3v) is 4.88. The largest absolute Gasteiger partial charge is 0.336 e. The molecule has 146 valence electrons. The van der Waals surface area contributed by atoms with Crippen molar-refractivity contribution in [3.8, 4) is 0 Å². The lowest BCUT2D eigenvalue weighted by atomic mass is 10.1. The first-order valence-corrected chi connectivity index (χ1v) is 9.37. The van der Waals surface area contributed by atoms with Gasteiger partial charge in [-0.05, 0) is 31.7 Å². The van der Waals surface area contributed by atoms with Gasteiger partial charge in [-0.15, -0.1) is 0 Å². The molecular weight excluding hydrogens is 356 g/mol. The number of benzene rings is 1. The molecule has 0 bridgehead atoms. The van der Waals surface area contributed by atoms with Gasteiger partial charge in [0.1, 0.15) is 0 Å². The lowest BCUT2D eigenvalue weighted by molar-refractivity contribution is 0.0643. The molecule has 2 heterocycles. The summed E-state index contributed by atoms with van der Waals surface area (Å²) in [6.45, 7) is 7.59. The number of ketones is 1. The Morgan fingerprint density at radius 1 is 1.00 bits per heavy atom. The monoisotopic (exact) mass is 380 g/mol. The van der Waals surface area contributed by atoms with Crippen LogP contribution in [0.2, 0.25) is 0 Å². The molecule has 0 spiro atoms. The number of hydrogen-bond donors (Lipinski definition) is 1. The Balaban J connectivity index is 1.70. The minimum Gasteiger partial charge on any atom is -0.336 e. The number of carbonyl (C=O) groups excluding carboxylic acids is 3. The molecule has 0 saturated carbocycles. The van der Waals surface area contributed by atoms with Crippen LogP contribution >= 0.6 is 0 Å². The van der Waals surface area contributed by atoms with Crippen LogP contribution in [0, 0.1) is 0 Å². The Labute approximate surface area is 164 Å². The van der Waals surface area contributed by atoms with Gasteiger partial charge >= 0.3 is 0 Å². The van der Waals surface area contributed by atoms with E-state index in [1.165, 1.54) is 19.3 Å². The third-order valence-electron chi connectivity index (χ3n) is 4.88. The molecule has 7 nitrogen and oxygen atoms in total. The maximum atomic E-state index is 12.7. The lowest BCUT2D eigenvalue weighted by Crippen LogP contribution is -2.48. The summed E-state index contributed by atoms with van der Waals surface area (Å²) in [4.78, 5) is 45.0. The quantitative estimate of drug-likeness (QED) is 0.805. The number of nitrogens with one attached hydrogen (secondary N) is 1. The number of amides is 2. The standard InChI is InChI=1S/C21H24N4O3/c1-3-24-7-9-25(10-8-24)21(28)18-11-17(13-22-14-18)20(27)23-19-6-4-5-16(12-19)15(2)26/h4-6,11-14H,3,7-10H2,1-2H3,(H,23,27). The van der Waals surface area contributed by atoms with Gasteiger partial charge < -0.3 is 15.1 Å². The van der Waals surface area contributed by atoms with Crippen molar-refractivity contribution < 1.29 is 14.4 Å². The molecule has 1 saturated heterocycles. The Hall–Kier alpha value is -3.06. The van der Waals surface area contributed by atoms with E-state index < -0.39 is 0 Å². The van der Waals surface area contributed by atoms with Crippen LogP contribution in [0.1, 0.15) is 44.9 Å². The van der Waals surface area contributed by atoms with E-state index in [1.807, 2.05) is 0 Å². The smallest absolute Gasteiger partial charge is 0.257 e. The number of aromatic nitrogens is 1. The number of anilines is 1. The Morgan fingerprint density at radius 2 is 1.71 bits per heavy atom. The Morgan fingerprint density at radius 3 is 2.39 bits per heavy atom. The van der Waals surface area contributed by atoms with Gasteiger partial charge in [0.2, 0.25) is 0 Å². The molecule has 2 amide bonds. The highest BCUT2D eigenvalue weighted by molar-refractivity contribution is 6.06. The number of piperazine rings is 1. The first kappa shape index (κ1) is 19.7. The van der Waals surface area contributed by atoms with E-state index in [9.17, 15) is 14.4 Å². The van der Waals surface area contributed by atoms with Crippen LogP contribution in [-0.4, -0.2) is 65.1 Å². The minimum absolute atomic E-state index is 0.0754. The first-order chi connectivity index (χ1) is 13.5. The van der Waals surface area contributed by atoms with Crippen molar-refractivity contribution in [1.29, 1.82) is 0 Å². The molecule has 0 atom stereocenters. The Bertz CT molecular complexity index is 889. The average Bonchev–Trinajstić information content (AvgIpc) is 2.73.